The van der Waals surface area contributed by atoms with E-state index in [0.29, 0.717) is 17.4 Å². The van der Waals surface area contributed by atoms with Gasteiger partial charge in [0.25, 0.3) is 0 Å². The highest BCUT2D eigenvalue weighted by Gasteiger charge is 2.26. The predicted molar refractivity (Wildman–Crippen MR) is 114 cm³/mol. The molecule has 1 aromatic heterocycles. The second-order valence-electron chi connectivity index (χ2n) is 7.04. The summed E-state index contributed by atoms with van der Waals surface area (Å²) in [4.78, 5) is 9.62. The van der Waals surface area contributed by atoms with Gasteiger partial charge in [0.05, 0.1) is 17.4 Å². The molecule has 0 saturated carbocycles. The smallest absolute Gasteiger partial charge is 0.230 e. The number of halogens is 2. The lowest BCUT2D eigenvalue weighted by atomic mass is 9.96. The van der Waals surface area contributed by atoms with Gasteiger partial charge >= 0.3 is 0 Å². The highest BCUT2D eigenvalue weighted by atomic mass is 35.5. The van der Waals surface area contributed by atoms with Crippen LogP contribution < -0.4 is 0 Å². The van der Waals surface area contributed by atoms with Gasteiger partial charge in [0, 0.05) is 23.2 Å². The largest absolute Gasteiger partial charge is 0.307 e. The first-order valence-corrected chi connectivity index (χ1v) is 9.78. The summed E-state index contributed by atoms with van der Waals surface area (Å²) < 4.78 is 15.6. The molecule has 29 heavy (non-hydrogen) atoms. The summed E-state index contributed by atoms with van der Waals surface area (Å²) in [6.45, 7) is 0. The number of imidazole rings is 1. The normalized spacial score (nSPS) is 15.7. The van der Waals surface area contributed by atoms with Gasteiger partial charge in [0.2, 0.25) is 5.95 Å². The first-order valence-electron chi connectivity index (χ1n) is 9.40. The molecule has 1 aliphatic rings. The fourth-order valence-corrected chi connectivity index (χ4v) is 3.81. The van der Waals surface area contributed by atoms with Crippen LogP contribution in [0.4, 0.5) is 10.3 Å². The Morgan fingerprint density at radius 3 is 2.31 bits per heavy atom. The molecule has 5 heteroatoms. The van der Waals surface area contributed by atoms with Crippen LogP contribution in [0.1, 0.15) is 23.6 Å². The molecule has 142 valence electrons. The second kappa shape index (κ2) is 7.30. The monoisotopic (exact) mass is 401 g/mol. The Labute approximate surface area is 173 Å². The summed E-state index contributed by atoms with van der Waals surface area (Å²) in [7, 11) is 0. The van der Waals surface area contributed by atoms with Crippen LogP contribution in [0.15, 0.2) is 90.1 Å². The maximum Gasteiger partial charge on any atom is 0.230 e. The average Bonchev–Trinajstić information content (AvgIpc) is 3.19. The van der Waals surface area contributed by atoms with Crippen LogP contribution >= 0.6 is 11.6 Å². The Balaban J connectivity index is 1.63. The Morgan fingerprint density at radius 1 is 0.862 bits per heavy atom. The van der Waals surface area contributed by atoms with Crippen molar-refractivity contribution in [3.05, 3.63) is 107 Å². The van der Waals surface area contributed by atoms with Gasteiger partial charge in [-0.15, -0.1) is 0 Å². The van der Waals surface area contributed by atoms with Crippen LogP contribution in [0.25, 0.3) is 11.3 Å². The molecule has 0 aliphatic carbocycles. The van der Waals surface area contributed by atoms with E-state index in [-0.39, 0.29) is 11.9 Å². The lowest BCUT2D eigenvalue weighted by molar-refractivity contribution is 0.589. The molecule has 0 bridgehead atoms. The maximum absolute atomic E-state index is 13.5. The molecule has 0 N–H and O–H groups in total. The zero-order chi connectivity index (χ0) is 19.8. The Hall–Kier alpha value is -3.24. The number of hydrogen-bond acceptors (Lipinski definition) is 2. The van der Waals surface area contributed by atoms with Gasteiger partial charge < -0.3 is 4.57 Å². The fourth-order valence-electron chi connectivity index (χ4n) is 3.68. The van der Waals surface area contributed by atoms with Gasteiger partial charge in [-0.1, -0.05) is 66.2 Å². The van der Waals surface area contributed by atoms with Crippen LogP contribution in [-0.4, -0.2) is 15.3 Å². The van der Waals surface area contributed by atoms with Crippen molar-refractivity contribution in [2.45, 2.75) is 12.5 Å². The number of nitrogens with zero attached hydrogens (tertiary/aromatic N) is 3. The lowest BCUT2D eigenvalue weighted by Crippen LogP contribution is -2.19. The van der Waals surface area contributed by atoms with Crippen molar-refractivity contribution in [3.63, 3.8) is 0 Å². The van der Waals surface area contributed by atoms with E-state index in [4.69, 9.17) is 21.6 Å². The number of fused-ring (bicyclic) bond motifs is 1. The van der Waals surface area contributed by atoms with Crippen molar-refractivity contribution in [1.82, 2.24) is 9.55 Å². The van der Waals surface area contributed by atoms with Gasteiger partial charge in [-0.05, 0) is 35.4 Å². The third-order valence-electron chi connectivity index (χ3n) is 5.17. The highest BCUT2D eigenvalue weighted by molar-refractivity contribution is 6.30. The van der Waals surface area contributed by atoms with Crippen LogP contribution in [0.5, 0.6) is 0 Å². The Kier molecular flexibility index (Phi) is 4.49. The molecule has 5 rings (SSSR count). The van der Waals surface area contributed by atoms with Gasteiger partial charge in [0.15, 0.2) is 0 Å². The first kappa shape index (κ1) is 17.8. The van der Waals surface area contributed by atoms with E-state index in [0.717, 1.165) is 28.1 Å². The minimum atomic E-state index is -0.244. The average molecular weight is 402 g/mol. The summed E-state index contributed by atoms with van der Waals surface area (Å²) in [6, 6.07) is 24.3. The molecule has 0 fully saturated rings. The molecular formula is C24H17ClFN3. The predicted octanol–water partition coefficient (Wildman–Crippen LogP) is 6.46. The van der Waals surface area contributed by atoms with E-state index in [1.54, 1.807) is 0 Å². The Bertz CT molecular complexity index is 1180. The third-order valence-corrected chi connectivity index (χ3v) is 5.42. The summed E-state index contributed by atoms with van der Waals surface area (Å²) >= 11 is 6.05. The zero-order valence-electron chi connectivity index (χ0n) is 15.5. The van der Waals surface area contributed by atoms with Crippen LogP contribution in [0, 0.1) is 5.82 Å². The molecule has 0 amide bonds. The number of aliphatic imine (C=N–C) groups is 1. The molecule has 0 radical (unpaired) electrons. The molecule has 2 heterocycles. The lowest BCUT2D eigenvalue weighted by Gasteiger charge is -2.25. The molecule has 0 spiro atoms. The number of rotatable bonds is 3. The molecule has 0 unspecified atom stereocenters. The number of aromatic nitrogens is 2. The summed E-state index contributed by atoms with van der Waals surface area (Å²) in [5.41, 5.74) is 4.88. The molecule has 1 aliphatic heterocycles. The fraction of sp³-hybridized carbons (Fsp3) is 0.0833. The summed E-state index contributed by atoms with van der Waals surface area (Å²) in [5.74, 6) is 0.404. The van der Waals surface area contributed by atoms with E-state index in [2.05, 4.69) is 4.57 Å². The topological polar surface area (TPSA) is 30.2 Å². The summed E-state index contributed by atoms with van der Waals surface area (Å²) in [5, 5.41) is 0.688. The Morgan fingerprint density at radius 2 is 1.59 bits per heavy atom. The zero-order valence-corrected chi connectivity index (χ0v) is 16.2. The SMILES string of the molecule is Fc1ccc([C@H]2CC(c3ccc(Cl)cc3)=Nc3nc(-c4ccccc4)cn32)cc1. The molecule has 3 nitrogen and oxygen atoms in total. The maximum atomic E-state index is 13.5. The number of benzene rings is 3. The van der Waals surface area contributed by atoms with E-state index < -0.39 is 0 Å². The van der Waals surface area contributed by atoms with Crippen molar-refractivity contribution >= 4 is 23.3 Å². The van der Waals surface area contributed by atoms with Crippen LogP contribution in [-0.2, 0) is 0 Å². The van der Waals surface area contributed by atoms with Crippen LogP contribution in [0.2, 0.25) is 5.02 Å². The highest BCUT2D eigenvalue weighted by Crippen LogP contribution is 2.36. The molecule has 4 aromatic rings. The van der Waals surface area contributed by atoms with E-state index in [1.165, 1.54) is 12.1 Å². The van der Waals surface area contributed by atoms with Crippen molar-refractivity contribution < 1.29 is 4.39 Å². The number of hydrogen-bond donors (Lipinski definition) is 0. The first-order chi connectivity index (χ1) is 14.2. The third kappa shape index (κ3) is 3.47. The van der Waals surface area contributed by atoms with E-state index in [9.17, 15) is 4.39 Å². The van der Waals surface area contributed by atoms with Crippen molar-refractivity contribution in [2.75, 3.05) is 0 Å². The minimum Gasteiger partial charge on any atom is -0.307 e. The van der Waals surface area contributed by atoms with E-state index in [1.807, 2.05) is 72.9 Å². The molecule has 0 saturated heterocycles. The van der Waals surface area contributed by atoms with Gasteiger partial charge in [-0.25, -0.2) is 14.4 Å². The van der Waals surface area contributed by atoms with Gasteiger partial charge in [-0.3, -0.25) is 0 Å². The minimum absolute atomic E-state index is 0.0151. The second-order valence-corrected chi connectivity index (χ2v) is 7.47. The quantitative estimate of drug-likeness (QED) is 0.387. The van der Waals surface area contributed by atoms with Crippen molar-refractivity contribution in [2.24, 2.45) is 4.99 Å². The van der Waals surface area contributed by atoms with Crippen LogP contribution in [0.3, 0.4) is 0 Å². The summed E-state index contributed by atoms with van der Waals surface area (Å²) in [6.07, 6.45) is 2.71. The van der Waals surface area contributed by atoms with Crippen molar-refractivity contribution in [3.8, 4) is 11.3 Å². The van der Waals surface area contributed by atoms with Gasteiger partial charge in [-0.2, -0.15) is 0 Å². The molecular weight excluding hydrogens is 385 g/mol. The standard InChI is InChI=1S/C24H17ClFN3/c25-19-10-6-17(7-11-19)21-14-23(18-8-12-20(26)13-9-18)29-15-22(28-24(29)27-21)16-4-2-1-3-5-16/h1-13,15,23H,14H2/t23-/m1/s1. The van der Waals surface area contributed by atoms with Gasteiger partial charge in [0.1, 0.15) is 5.82 Å². The van der Waals surface area contributed by atoms with E-state index >= 15 is 0 Å². The molecule has 3 aromatic carbocycles. The molecule has 1 atom stereocenters. The van der Waals surface area contributed by atoms with Crippen molar-refractivity contribution in [1.29, 1.82) is 0 Å².